The summed E-state index contributed by atoms with van der Waals surface area (Å²) in [6.45, 7) is 0. The van der Waals surface area contributed by atoms with Crippen LogP contribution >= 0.6 is 0 Å². The van der Waals surface area contributed by atoms with E-state index in [1.165, 1.54) is 26.5 Å². The molecule has 104 valence electrons. The summed E-state index contributed by atoms with van der Waals surface area (Å²) < 4.78 is 23.2. The minimum atomic E-state index is -0.713. The van der Waals surface area contributed by atoms with E-state index in [1.54, 1.807) is 18.2 Å². The molecule has 0 spiro atoms. The fraction of sp³-hybridized carbons (Fsp3) is 0.143. The summed E-state index contributed by atoms with van der Waals surface area (Å²) in [7, 11) is 3.01. The zero-order chi connectivity index (χ0) is 14.5. The Morgan fingerprint density at radius 2 is 2.00 bits per heavy atom. The molecule has 1 heterocycles. The SMILES string of the molecule is COc1ccc(OC)c(NC(=O)c2ccnc(F)c2)c1. The van der Waals surface area contributed by atoms with Gasteiger partial charge in [0.05, 0.1) is 19.9 Å². The Bertz CT molecular complexity index is 632. The van der Waals surface area contributed by atoms with E-state index in [0.717, 1.165) is 6.07 Å². The lowest BCUT2D eigenvalue weighted by Gasteiger charge is -2.11. The maximum Gasteiger partial charge on any atom is 0.255 e. The van der Waals surface area contributed by atoms with Crippen molar-refractivity contribution in [1.29, 1.82) is 0 Å². The number of methoxy groups -OCH3 is 2. The summed E-state index contributed by atoms with van der Waals surface area (Å²) in [4.78, 5) is 15.4. The van der Waals surface area contributed by atoms with Gasteiger partial charge in [-0.15, -0.1) is 0 Å². The number of carbonyl (C=O) groups excluding carboxylic acids is 1. The van der Waals surface area contributed by atoms with Crippen molar-refractivity contribution in [3.05, 3.63) is 48.0 Å². The van der Waals surface area contributed by atoms with E-state index in [9.17, 15) is 9.18 Å². The molecule has 0 radical (unpaired) electrons. The van der Waals surface area contributed by atoms with Gasteiger partial charge in [-0.3, -0.25) is 4.79 Å². The lowest BCUT2D eigenvalue weighted by atomic mass is 10.2. The van der Waals surface area contributed by atoms with Crippen molar-refractivity contribution in [2.75, 3.05) is 19.5 Å². The molecule has 6 heteroatoms. The van der Waals surface area contributed by atoms with Crippen molar-refractivity contribution in [2.45, 2.75) is 0 Å². The van der Waals surface area contributed by atoms with Gasteiger partial charge in [0, 0.05) is 23.9 Å². The summed E-state index contributed by atoms with van der Waals surface area (Å²) >= 11 is 0. The molecule has 1 aromatic carbocycles. The van der Waals surface area contributed by atoms with E-state index in [-0.39, 0.29) is 5.56 Å². The predicted molar refractivity (Wildman–Crippen MR) is 71.7 cm³/mol. The average Bonchev–Trinajstić information content (AvgIpc) is 2.47. The Kier molecular flexibility index (Phi) is 4.14. The van der Waals surface area contributed by atoms with Gasteiger partial charge >= 0.3 is 0 Å². The Morgan fingerprint density at radius 3 is 2.65 bits per heavy atom. The summed E-state index contributed by atoms with van der Waals surface area (Å²) in [5, 5.41) is 2.64. The average molecular weight is 276 g/mol. The molecule has 2 aromatic rings. The third-order valence-corrected chi connectivity index (χ3v) is 2.64. The molecule has 0 unspecified atom stereocenters. The van der Waals surface area contributed by atoms with Gasteiger partial charge in [-0.2, -0.15) is 4.39 Å². The second-order valence-electron chi connectivity index (χ2n) is 3.89. The molecule has 1 N–H and O–H groups in total. The van der Waals surface area contributed by atoms with Crippen LogP contribution in [0, 0.1) is 5.95 Å². The van der Waals surface area contributed by atoms with Crippen LogP contribution in [0.4, 0.5) is 10.1 Å². The number of benzene rings is 1. The summed E-state index contributed by atoms with van der Waals surface area (Å²) in [6, 6.07) is 7.48. The van der Waals surface area contributed by atoms with Crippen molar-refractivity contribution in [3.63, 3.8) is 0 Å². The van der Waals surface area contributed by atoms with E-state index >= 15 is 0 Å². The number of hydrogen-bond donors (Lipinski definition) is 1. The molecule has 20 heavy (non-hydrogen) atoms. The third kappa shape index (κ3) is 3.03. The number of aromatic nitrogens is 1. The minimum Gasteiger partial charge on any atom is -0.497 e. The Hall–Kier alpha value is -2.63. The number of carbonyl (C=O) groups is 1. The zero-order valence-corrected chi connectivity index (χ0v) is 11.0. The van der Waals surface area contributed by atoms with Crippen LogP contribution in [0.3, 0.4) is 0 Å². The minimum absolute atomic E-state index is 0.169. The highest BCUT2D eigenvalue weighted by molar-refractivity contribution is 6.05. The number of rotatable bonds is 4. The van der Waals surface area contributed by atoms with Crippen LogP contribution in [0.2, 0.25) is 0 Å². The lowest BCUT2D eigenvalue weighted by Crippen LogP contribution is -2.13. The lowest BCUT2D eigenvalue weighted by molar-refractivity contribution is 0.102. The van der Waals surface area contributed by atoms with Crippen LogP contribution < -0.4 is 14.8 Å². The molecule has 1 amide bonds. The topological polar surface area (TPSA) is 60.5 Å². The van der Waals surface area contributed by atoms with Crippen molar-refractivity contribution in [2.24, 2.45) is 0 Å². The zero-order valence-electron chi connectivity index (χ0n) is 11.0. The van der Waals surface area contributed by atoms with Crippen LogP contribution in [0.25, 0.3) is 0 Å². The molecule has 0 bridgehead atoms. The molecular weight excluding hydrogens is 263 g/mol. The molecule has 0 saturated carbocycles. The van der Waals surface area contributed by atoms with Crippen LogP contribution in [-0.2, 0) is 0 Å². The van der Waals surface area contributed by atoms with Gasteiger partial charge in [-0.05, 0) is 18.2 Å². The molecule has 1 aromatic heterocycles. The highest BCUT2D eigenvalue weighted by Crippen LogP contribution is 2.29. The van der Waals surface area contributed by atoms with Gasteiger partial charge in [-0.25, -0.2) is 4.98 Å². The highest BCUT2D eigenvalue weighted by Gasteiger charge is 2.11. The van der Waals surface area contributed by atoms with E-state index in [2.05, 4.69) is 10.3 Å². The predicted octanol–water partition coefficient (Wildman–Crippen LogP) is 2.49. The van der Waals surface area contributed by atoms with E-state index in [1.807, 2.05) is 0 Å². The number of hydrogen-bond acceptors (Lipinski definition) is 4. The van der Waals surface area contributed by atoms with E-state index in [0.29, 0.717) is 17.2 Å². The largest absolute Gasteiger partial charge is 0.497 e. The van der Waals surface area contributed by atoms with Crippen LogP contribution in [-0.4, -0.2) is 25.1 Å². The summed E-state index contributed by atoms with van der Waals surface area (Å²) in [5.41, 5.74) is 0.608. The first-order chi connectivity index (χ1) is 9.63. The van der Waals surface area contributed by atoms with Gasteiger partial charge in [-0.1, -0.05) is 0 Å². The molecule has 0 aliphatic rings. The van der Waals surface area contributed by atoms with Crippen LogP contribution in [0.1, 0.15) is 10.4 Å². The van der Waals surface area contributed by atoms with Crippen molar-refractivity contribution in [3.8, 4) is 11.5 Å². The summed E-state index contributed by atoms with van der Waals surface area (Å²) in [6.07, 6.45) is 1.23. The third-order valence-electron chi connectivity index (χ3n) is 2.64. The molecule has 0 fully saturated rings. The molecule has 0 atom stereocenters. The van der Waals surface area contributed by atoms with Gasteiger partial charge in [0.1, 0.15) is 11.5 Å². The quantitative estimate of drug-likeness (QED) is 0.871. The van der Waals surface area contributed by atoms with Crippen molar-refractivity contribution < 1.29 is 18.7 Å². The molecule has 5 nitrogen and oxygen atoms in total. The number of amides is 1. The normalized spacial score (nSPS) is 9.95. The Labute approximate surface area is 115 Å². The number of anilines is 1. The van der Waals surface area contributed by atoms with E-state index < -0.39 is 11.9 Å². The number of nitrogens with zero attached hydrogens (tertiary/aromatic N) is 1. The smallest absolute Gasteiger partial charge is 0.255 e. The van der Waals surface area contributed by atoms with Crippen LogP contribution in [0.15, 0.2) is 36.5 Å². The second kappa shape index (κ2) is 6.01. The summed E-state index contributed by atoms with van der Waals surface area (Å²) in [5.74, 6) is -0.121. The van der Waals surface area contributed by atoms with Crippen molar-refractivity contribution >= 4 is 11.6 Å². The highest BCUT2D eigenvalue weighted by atomic mass is 19.1. The Balaban J connectivity index is 2.27. The molecular formula is C14H13FN2O3. The first-order valence-electron chi connectivity index (χ1n) is 5.79. The number of nitrogens with one attached hydrogen (secondary N) is 1. The van der Waals surface area contributed by atoms with Gasteiger partial charge in [0.15, 0.2) is 0 Å². The first-order valence-corrected chi connectivity index (χ1v) is 5.79. The first kappa shape index (κ1) is 13.8. The maximum absolute atomic E-state index is 13.0. The molecule has 2 rings (SSSR count). The fourth-order valence-electron chi connectivity index (χ4n) is 1.65. The standard InChI is InChI=1S/C14H13FN2O3/c1-19-10-3-4-12(20-2)11(8-10)17-14(18)9-5-6-16-13(15)7-9/h3-8H,1-2H3,(H,17,18). The number of ether oxygens (including phenoxy) is 2. The maximum atomic E-state index is 13.0. The number of halogens is 1. The van der Waals surface area contributed by atoms with Crippen molar-refractivity contribution in [1.82, 2.24) is 4.98 Å². The van der Waals surface area contributed by atoms with Gasteiger partial charge in [0.25, 0.3) is 5.91 Å². The van der Waals surface area contributed by atoms with E-state index in [4.69, 9.17) is 9.47 Å². The van der Waals surface area contributed by atoms with Crippen LogP contribution in [0.5, 0.6) is 11.5 Å². The number of pyridine rings is 1. The Morgan fingerprint density at radius 1 is 1.20 bits per heavy atom. The molecule has 0 saturated heterocycles. The molecule has 0 aliphatic heterocycles. The fourth-order valence-corrected chi connectivity index (χ4v) is 1.65. The van der Waals surface area contributed by atoms with Gasteiger partial charge < -0.3 is 14.8 Å². The monoisotopic (exact) mass is 276 g/mol. The molecule has 0 aliphatic carbocycles. The van der Waals surface area contributed by atoms with Gasteiger partial charge in [0.2, 0.25) is 5.95 Å². The second-order valence-corrected chi connectivity index (χ2v) is 3.89.